The highest BCUT2D eigenvalue weighted by atomic mass is 16.5. The second-order valence-corrected chi connectivity index (χ2v) is 5.38. The molecular formula is C18H16N2O3. The molecule has 0 bridgehead atoms. The van der Waals surface area contributed by atoms with Crippen LogP contribution in [0, 0.1) is 18.3 Å². The molecular weight excluding hydrogens is 292 g/mol. The van der Waals surface area contributed by atoms with E-state index in [0.29, 0.717) is 11.3 Å². The molecule has 23 heavy (non-hydrogen) atoms. The van der Waals surface area contributed by atoms with Crippen LogP contribution in [0.2, 0.25) is 0 Å². The number of phenols is 1. The first kappa shape index (κ1) is 14.8. The van der Waals surface area contributed by atoms with Crippen molar-refractivity contribution in [1.82, 2.24) is 0 Å². The monoisotopic (exact) mass is 308 g/mol. The van der Waals surface area contributed by atoms with Gasteiger partial charge < -0.3 is 20.3 Å². The van der Waals surface area contributed by atoms with Crippen molar-refractivity contribution in [2.75, 3.05) is 7.11 Å². The molecule has 5 nitrogen and oxygen atoms in total. The molecule has 0 fully saturated rings. The molecule has 1 aliphatic rings. The van der Waals surface area contributed by atoms with Gasteiger partial charge in [-0.2, -0.15) is 5.26 Å². The number of rotatable bonds is 2. The van der Waals surface area contributed by atoms with Gasteiger partial charge in [0.25, 0.3) is 0 Å². The van der Waals surface area contributed by atoms with E-state index in [2.05, 4.69) is 6.07 Å². The van der Waals surface area contributed by atoms with Crippen molar-refractivity contribution in [2.45, 2.75) is 12.8 Å². The Morgan fingerprint density at radius 3 is 2.70 bits per heavy atom. The second kappa shape index (κ2) is 5.58. The van der Waals surface area contributed by atoms with Gasteiger partial charge in [-0.1, -0.05) is 18.2 Å². The van der Waals surface area contributed by atoms with Gasteiger partial charge in [0.2, 0.25) is 5.88 Å². The maximum atomic E-state index is 9.65. The van der Waals surface area contributed by atoms with Crippen molar-refractivity contribution in [3.63, 3.8) is 0 Å². The number of hydrogen-bond acceptors (Lipinski definition) is 5. The number of methoxy groups -OCH3 is 1. The van der Waals surface area contributed by atoms with Crippen LogP contribution < -0.4 is 15.2 Å². The number of aromatic hydroxyl groups is 1. The van der Waals surface area contributed by atoms with Crippen molar-refractivity contribution in [3.05, 3.63) is 64.5 Å². The minimum atomic E-state index is -0.339. The average Bonchev–Trinajstić information content (AvgIpc) is 2.53. The zero-order chi connectivity index (χ0) is 16.6. The summed E-state index contributed by atoms with van der Waals surface area (Å²) >= 11 is 0. The Bertz CT molecular complexity index is 850. The third-order valence-electron chi connectivity index (χ3n) is 3.95. The van der Waals surface area contributed by atoms with Crippen LogP contribution in [0.1, 0.15) is 22.6 Å². The van der Waals surface area contributed by atoms with E-state index < -0.39 is 0 Å². The molecule has 0 amide bonds. The van der Waals surface area contributed by atoms with Crippen LogP contribution in [0.4, 0.5) is 0 Å². The van der Waals surface area contributed by atoms with Crippen LogP contribution in [-0.2, 0) is 0 Å². The Kier molecular flexibility index (Phi) is 3.59. The smallest absolute Gasteiger partial charge is 0.205 e. The molecule has 3 rings (SSSR count). The van der Waals surface area contributed by atoms with E-state index in [1.54, 1.807) is 19.2 Å². The molecule has 0 aliphatic carbocycles. The maximum Gasteiger partial charge on any atom is 0.205 e. The summed E-state index contributed by atoms with van der Waals surface area (Å²) in [5.74, 6) is 1.04. The van der Waals surface area contributed by atoms with E-state index in [4.69, 9.17) is 15.2 Å². The average molecular weight is 308 g/mol. The Hall–Kier alpha value is -3.13. The fraction of sp³-hybridized carbons (Fsp3) is 0.167. The first-order chi connectivity index (χ1) is 11.0. The number of ether oxygens (including phenoxy) is 2. The van der Waals surface area contributed by atoms with Crippen molar-refractivity contribution in [3.8, 4) is 23.3 Å². The van der Waals surface area contributed by atoms with Crippen molar-refractivity contribution in [2.24, 2.45) is 5.73 Å². The van der Waals surface area contributed by atoms with Crippen LogP contribution >= 0.6 is 0 Å². The predicted octanol–water partition coefficient (Wildman–Crippen LogP) is 2.93. The summed E-state index contributed by atoms with van der Waals surface area (Å²) in [4.78, 5) is 0. The van der Waals surface area contributed by atoms with Gasteiger partial charge in [-0.25, -0.2) is 0 Å². The van der Waals surface area contributed by atoms with Crippen molar-refractivity contribution < 1.29 is 14.6 Å². The highest BCUT2D eigenvalue weighted by Crippen LogP contribution is 2.43. The number of nitriles is 1. The molecule has 0 aromatic heterocycles. The van der Waals surface area contributed by atoms with E-state index in [1.807, 2.05) is 25.1 Å². The Morgan fingerprint density at radius 2 is 2.04 bits per heavy atom. The SMILES string of the molecule is COc1ccc([C@H]2C(C#N)=C(N)Oc3cc(O)ccc32)cc1C. The van der Waals surface area contributed by atoms with Gasteiger partial charge in [0, 0.05) is 11.6 Å². The molecule has 2 aromatic rings. The lowest BCUT2D eigenvalue weighted by Gasteiger charge is -2.26. The number of benzene rings is 2. The third kappa shape index (κ3) is 2.44. The largest absolute Gasteiger partial charge is 0.508 e. The fourth-order valence-corrected chi connectivity index (χ4v) is 2.87. The minimum Gasteiger partial charge on any atom is -0.508 e. The highest BCUT2D eigenvalue weighted by molar-refractivity contribution is 5.57. The molecule has 2 aromatic carbocycles. The number of phenolic OH excluding ortho intramolecular Hbond substituents is 1. The van der Waals surface area contributed by atoms with E-state index in [-0.39, 0.29) is 17.6 Å². The summed E-state index contributed by atoms with van der Waals surface area (Å²) < 4.78 is 10.8. The van der Waals surface area contributed by atoms with Crippen LogP contribution in [-0.4, -0.2) is 12.2 Å². The minimum absolute atomic E-state index is 0.0593. The van der Waals surface area contributed by atoms with E-state index >= 15 is 0 Å². The number of aryl methyl sites for hydroxylation is 1. The molecule has 0 unspecified atom stereocenters. The normalized spacial score (nSPS) is 16.3. The van der Waals surface area contributed by atoms with Crippen LogP contribution in [0.15, 0.2) is 47.9 Å². The quantitative estimate of drug-likeness (QED) is 0.890. The highest BCUT2D eigenvalue weighted by Gasteiger charge is 2.31. The van der Waals surface area contributed by atoms with Gasteiger partial charge in [-0.05, 0) is 30.2 Å². The van der Waals surface area contributed by atoms with E-state index in [1.165, 1.54) is 6.07 Å². The lowest BCUT2D eigenvalue weighted by atomic mass is 9.83. The first-order valence-electron chi connectivity index (χ1n) is 7.10. The molecule has 1 atom stereocenters. The van der Waals surface area contributed by atoms with Crippen LogP contribution in [0.3, 0.4) is 0 Å². The number of fused-ring (bicyclic) bond motifs is 1. The Labute approximate surface area is 134 Å². The fourth-order valence-electron chi connectivity index (χ4n) is 2.87. The molecule has 1 heterocycles. The summed E-state index contributed by atoms with van der Waals surface area (Å²) in [5.41, 5.74) is 8.93. The third-order valence-corrected chi connectivity index (χ3v) is 3.95. The topological polar surface area (TPSA) is 88.5 Å². The van der Waals surface area contributed by atoms with Crippen LogP contribution in [0.25, 0.3) is 0 Å². The molecule has 3 N–H and O–H groups in total. The first-order valence-corrected chi connectivity index (χ1v) is 7.10. The number of allylic oxidation sites excluding steroid dienone is 1. The second-order valence-electron chi connectivity index (χ2n) is 5.38. The summed E-state index contributed by atoms with van der Waals surface area (Å²) in [6, 6.07) is 12.7. The van der Waals surface area contributed by atoms with Gasteiger partial charge in [0.05, 0.1) is 13.0 Å². The molecule has 0 saturated carbocycles. The Morgan fingerprint density at radius 1 is 1.26 bits per heavy atom. The maximum absolute atomic E-state index is 9.65. The number of nitrogens with two attached hydrogens (primary N) is 1. The van der Waals surface area contributed by atoms with Gasteiger partial charge in [-0.15, -0.1) is 0 Å². The van der Waals surface area contributed by atoms with Gasteiger partial charge >= 0.3 is 0 Å². The van der Waals surface area contributed by atoms with Gasteiger partial charge in [0.1, 0.15) is 28.9 Å². The zero-order valence-corrected chi connectivity index (χ0v) is 12.8. The number of nitrogens with zero attached hydrogens (tertiary/aromatic N) is 1. The lowest BCUT2D eigenvalue weighted by Crippen LogP contribution is -2.21. The molecule has 0 spiro atoms. The molecule has 0 radical (unpaired) electrons. The summed E-state index contributed by atoms with van der Waals surface area (Å²) in [7, 11) is 1.62. The molecule has 5 heteroatoms. The van der Waals surface area contributed by atoms with Gasteiger partial charge in [-0.3, -0.25) is 0 Å². The predicted molar refractivity (Wildman–Crippen MR) is 85.1 cm³/mol. The van der Waals surface area contributed by atoms with Crippen molar-refractivity contribution in [1.29, 1.82) is 5.26 Å². The summed E-state index contributed by atoms with van der Waals surface area (Å²) in [6.07, 6.45) is 0. The van der Waals surface area contributed by atoms with Crippen LogP contribution in [0.5, 0.6) is 17.2 Å². The van der Waals surface area contributed by atoms with E-state index in [0.717, 1.165) is 22.4 Å². The van der Waals surface area contributed by atoms with Crippen molar-refractivity contribution >= 4 is 0 Å². The summed E-state index contributed by atoms with van der Waals surface area (Å²) in [5, 5.41) is 19.1. The zero-order valence-electron chi connectivity index (χ0n) is 12.8. The summed E-state index contributed by atoms with van der Waals surface area (Å²) in [6.45, 7) is 1.94. The number of hydrogen-bond donors (Lipinski definition) is 2. The van der Waals surface area contributed by atoms with Gasteiger partial charge in [0.15, 0.2) is 0 Å². The molecule has 1 aliphatic heterocycles. The standard InChI is InChI=1S/C18H16N2O3/c1-10-7-11(3-6-15(10)22-2)17-13-5-4-12(21)8-16(13)23-18(20)14(17)9-19/h3-8,17,21H,20H2,1-2H3/t17-/m1/s1. The molecule has 116 valence electrons. The Balaban J connectivity index is 2.20. The molecule has 0 saturated heterocycles. The lowest BCUT2D eigenvalue weighted by molar-refractivity contribution is 0.388. The van der Waals surface area contributed by atoms with E-state index in [9.17, 15) is 10.4 Å².